The number of nitrogens with zero attached hydrogens (tertiary/aromatic N) is 3. The topological polar surface area (TPSA) is 63.2 Å². The van der Waals surface area contributed by atoms with Gasteiger partial charge in [0, 0.05) is 5.02 Å². The minimum atomic E-state index is -0.598. The van der Waals surface area contributed by atoms with Crippen LogP contribution in [0.4, 0.5) is 5.69 Å². The summed E-state index contributed by atoms with van der Waals surface area (Å²) < 4.78 is 0. The number of halogens is 2. The van der Waals surface area contributed by atoms with Crippen LogP contribution in [0.2, 0.25) is 10.2 Å². The second-order valence-electron chi connectivity index (χ2n) is 4.23. The Kier molecular flexibility index (Phi) is 3.16. The van der Waals surface area contributed by atoms with E-state index < -0.39 is 11.7 Å². The fraction of sp³-hybridized carbons (Fsp3) is 0.0769. The summed E-state index contributed by atoms with van der Waals surface area (Å²) in [5.74, 6) is -1.16. The Hall–Kier alpha value is -1.98. The maximum absolute atomic E-state index is 12.0. The van der Waals surface area contributed by atoms with Crippen molar-refractivity contribution >= 4 is 40.6 Å². The fourth-order valence-corrected chi connectivity index (χ4v) is 2.29. The Morgan fingerprint density at radius 1 is 1.05 bits per heavy atom. The Labute approximate surface area is 124 Å². The van der Waals surface area contributed by atoms with Gasteiger partial charge < -0.3 is 0 Å². The lowest BCUT2D eigenvalue weighted by Gasteiger charge is -2.15. The molecule has 100 valence electrons. The summed E-state index contributed by atoms with van der Waals surface area (Å²) in [7, 11) is 0. The van der Waals surface area contributed by atoms with Gasteiger partial charge in [-0.25, -0.2) is 0 Å². The number of fused-ring (bicyclic) bond motifs is 1. The smallest absolute Gasteiger partial charge is 0.299 e. The molecule has 0 N–H and O–H groups in total. The highest BCUT2D eigenvalue weighted by molar-refractivity contribution is 6.52. The van der Waals surface area contributed by atoms with E-state index in [1.807, 2.05) is 0 Å². The number of amides is 1. The summed E-state index contributed by atoms with van der Waals surface area (Å²) in [5, 5.41) is 8.27. The minimum absolute atomic E-state index is 0.156. The van der Waals surface area contributed by atoms with E-state index in [-0.39, 0.29) is 11.7 Å². The van der Waals surface area contributed by atoms with Gasteiger partial charge in [-0.3, -0.25) is 14.5 Å². The van der Waals surface area contributed by atoms with Gasteiger partial charge in [0.15, 0.2) is 5.15 Å². The third kappa shape index (κ3) is 2.15. The molecule has 0 bridgehead atoms. The molecule has 0 radical (unpaired) electrons. The second-order valence-corrected chi connectivity index (χ2v) is 5.05. The van der Waals surface area contributed by atoms with Crippen LogP contribution in [-0.2, 0) is 11.3 Å². The van der Waals surface area contributed by atoms with Gasteiger partial charge in [-0.05, 0) is 30.3 Å². The molecule has 20 heavy (non-hydrogen) atoms. The Balaban J connectivity index is 1.97. The molecule has 0 fully saturated rings. The molecule has 0 saturated heterocycles. The number of rotatable bonds is 2. The molecule has 1 aliphatic rings. The maximum atomic E-state index is 12.0. The van der Waals surface area contributed by atoms with E-state index in [1.165, 1.54) is 11.0 Å². The number of carbonyl (C=O) groups is 2. The summed E-state index contributed by atoms with van der Waals surface area (Å²) in [6.45, 7) is 0.156. The van der Waals surface area contributed by atoms with E-state index in [0.717, 1.165) is 0 Å². The molecule has 7 heteroatoms. The molecule has 2 heterocycles. The van der Waals surface area contributed by atoms with Crippen molar-refractivity contribution in [2.45, 2.75) is 6.54 Å². The first-order valence-electron chi connectivity index (χ1n) is 5.70. The van der Waals surface area contributed by atoms with Gasteiger partial charge in [0.05, 0.1) is 23.5 Å². The molecule has 5 nitrogen and oxygen atoms in total. The minimum Gasteiger partial charge on any atom is -0.299 e. The van der Waals surface area contributed by atoms with E-state index in [9.17, 15) is 9.59 Å². The molecule has 1 aliphatic heterocycles. The second kappa shape index (κ2) is 4.85. The van der Waals surface area contributed by atoms with Crippen LogP contribution in [0.1, 0.15) is 16.1 Å². The SMILES string of the molecule is O=C1C(=O)N(Cc2ccc(Cl)nn2)c2ccc(Cl)cc21. The lowest BCUT2D eigenvalue weighted by molar-refractivity contribution is -0.114. The zero-order valence-corrected chi connectivity index (χ0v) is 11.5. The van der Waals surface area contributed by atoms with Gasteiger partial charge >= 0.3 is 0 Å². The molecule has 1 amide bonds. The molecular formula is C13H7Cl2N3O2. The number of benzene rings is 1. The molecule has 0 spiro atoms. The quantitative estimate of drug-likeness (QED) is 0.800. The summed E-state index contributed by atoms with van der Waals surface area (Å²) >= 11 is 11.5. The predicted molar refractivity (Wildman–Crippen MR) is 74.0 cm³/mol. The monoisotopic (exact) mass is 307 g/mol. The zero-order chi connectivity index (χ0) is 14.3. The number of hydrogen-bond acceptors (Lipinski definition) is 4. The van der Waals surface area contributed by atoms with E-state index in [4.69, 9.17) is 23.2 Å². The highest BCUT2D eigenvalue weighted by Gasteiger charge is 2.36. The van der Waals surface area contributed by atoms with Gasteiger partial charge in [0.25, 0.3) is 11.7 Å². The van der Waals surface area contributed by atoms with Gasteiger partial charge in [-0.2, -0.15) is 5.10 Å². The number of aromatic nitrogens is 2. The summed E-state index contributed by atoms with van der Waals surface area (Å²) in [4.78, 5) is 25.3. The van der Waals surface area contributed by atoms with Crippen molar-refractivity contribution < 1.29 is 9.59 Å². The number of hydrogen-bond donors (Lipinski definition) is 0. The van der Waals surface area contributed by atoms with Gasteiger partial charge in [-0.15, -0.1) is 5.10 Å². The fourth-order valence-electron chi connectivity index (χ4n) is 2.02. The van der Waals surface area contributed by atoms with Crippen LogP contribution in [-0.4, -0.2) is 21.9 Å². The van der Waals surface area contributed by atoms with Gasteiger partial charge in [0.2, 0.25) is 0 Å². The van der Waals surface area contributed by atoms with Gasteiger partial charge in [0.1, 0.15) is 0 Å². The van der Waals surface area contributed by atoms with Crippen LogP contribution in [0.5, 0.6) is 0 Å². The highest BCUT2D eigenvalue weighted by atomic mass is 35.5. The average molecular weight is 308 g/mol. The molecule has 0 atom stereocenters. The Morgan fingerprint density at radius 2 is 1.85 bits per heavy atom. The molecule has 0 saturated carbocycles. The predicted octanol–water partition coefficient (Wildman–Crippen LogP) is 2.51. The van der Waals surface area contributed by atoms with Crippen molar-refractivity contribution in [3.05, 3.63) is 51.8 Å². The van der Waals surface area contributed by atoms with Crippen molar-refractivity contribution in [3.63, 3.8) is 0 Å². The van der Waals surface area contributed by atoms with Crippen LogP contribution >= 0.6 is 23.2 Å². The third-order valence-corrected chi connectivity index (χ3v) is 3.38. The standard InChI is InChI=1S/C13H7Cl2N3O2/c14-7-1-3-10-9(5-7)12(19)13(20)18(10)6-8-2-4-11(15)17-16-8/h1-5H,6H2. The first-order chi connectivity index (χ1) is 9.56. The number of Topliss-reactive ketones (excluding diaryl/α,β-unsaturated/α-hetero) is 1. The lowest BCUT2D eigenvalue weighted by atomic mass is 10.1. The molecular weight excluding hydrogens is 301 g/mol. The largest absolute Gasteiger partial charge is 0.299 e. The van der Waals surface area contributed by atoms with Crippen molar-refractivity contribution in [2.75, 3.05) is 4.90 Å². The molecule has 1 aromatic heterocycles. The van der Waals surface area contributed by atoms with E-state index >= 15 is 0 Å². The van der Waals surface area contributed by atoms with Crippen molar-refractivity contribution in [2.24, 2.45) is 0 Å². The van der Waals surface area contributed by atoms with Crippen LogP contribution in [0, 0.1) is 0 Å². The van der Waals surface area contributed by atoms with E-state index in [0.29, 0.717) is 22.0 Å². The van der Waals surface area contributed by atoms with Crippen LogP contribution in [0.3, 0.4) is 0 Å². The first-order valence-corrected chi connectivity index (χ1v) is 6.46. The Morgan fingerprint density at radius 3 is 2.55 bits per heavy atom. The van der Waals surface area contributed by atoms with Crippen LogP contribution in [0.25, 0.3) is 0 Å². The van der Waals surface area contributed by atoms with E-state index in [1.54, 1.807) is 24.3 Å². The lowest BCUT2D eigenvalue weighted by Crippen LogP contribution is -2.29. The molecule has 0 aliphatic carbocycles. The summed E-state index contributed by atoms with van der Waals surface area (Å²) in [5.41, 5.74) is 1.38. The Bertz CT molecular complexity index is 716. The molecule has 1 aromatic carbocycles. The highest BCUT2D eigenvalue weighted by Crippen LogP contribution is 2.32. The van der Waals surface area contributed by atoms with Crippen molar-refractivity contribution in [3.8, 4) is 0 Å². The number of anilines is 1. The van der Waals surface area contributed by atoms with Crippen LogP contribution < -0.4 is 4.90 Å². The van der Waals surface area contributed by atoms with E-state index in [2.05, 4.69) is 10.2 Å². The number of ketones is 1. The molecule has 3 rings (SSSR count). The number of carbonyl (C=O) groups excluding carboxylic acids is 2. The third-order valence-electron chi connectivity index (χ3n) is 2.94. The zero-order valence-electron chi connectivity index (χ0n) is 10.0. The van der Waals surface area contributed by atoms with Gasteiger partial charge in [-0.1, -0.05) is 23.2 Å². The van der Waals surface area contributed by atoms with Crippen LogP contribution in [0.15, 0.2) is 30.3 Å². The van der Waals surface area contributed by atoms with Crippen molar-refractivity contribution in [1.82, 2.24) is 10.2 Å². The molecule has 2 aromatic rings. The first kappa shape index (κ1) is 13.0. The van der Waals surface area contributed by atoms with Crippen molar-refractivity contribution in [1.29, 1.82) is 0 Å². The maximum Gasteiger partial charge on any atom is 0.299 e. The summed E-state index contributed by atoms with van der Waals surface area (Å²) in [6.07, 6.45) is 0. The molecule has 0 unspecified atom stereocenters. The normalized spacial score (nSPS) is 13.8. The summed E-state index contributed by atoms with van der Waals surface area (Å²) in [6, 6.07) is 8.00. The average Bonchev–Trinajstić information content (AvgIpc) is 2.66.